The summed E-state index contributed by atoms with van der Waals surface area (Å²) < 4.78 is 4.92. The number of ether oxygens (including phenoxy) is 1. The standard InChI is InChI=1S/C26H48O2/c1-4-5-6-7-8-9-10-11-12-13-14-15-16-17-18-19-20-21-22-23-24-28-26(27)25(2)3/h23-24H,2,4-22H2,1,3H3/b24-23+. The fourth-order valence-corrected chi connectivity index (χ4v) is 3.44. The molecule has 164 valence electrons. The lowest BCUT2D eigenvalue weighted by Crippen LogP contribution is -1.98. The molecule has 2 nitrogen and oxygen atoms in total. The molecule has 0 bridgehead atoms. The molecule has 0 unspecified atom stereocenters. The van der Waals surface area contributed by atoms with E-state index in [4.69, 9.17) is 4.74 Å². The van der Waals surface area contributed by atoms with Gasteiger partial charge in [0.15, 0.2) is 0 Å². The normalized spacial score (nSPS) is 11.2. The van der Waals surface area contributed by atoms with Crippen LogP contribution in [0.25, 0.3) is 0 Å². The number of esters is 1. The van der Waals surface area contributed by atoms with Crippen LogP contribution < -0.4 is 0 Å². The fourth-order valence-electron chi connectivity index (χ4n) is 3.44. The molecule has 0 aromatic carbocycles. The van der Waals surface area contributed by atoms with E-state index in [1.165, 1.54) is 122 Å². The number of rotatable bonds is 21. The molecule has 0 N–H and O–H groups in total. The van der Waals surface area contributed by atoms with Crippen molar-refractivity contribution in [3.63, 3.8) is 0 Å². The van der Waals surface area contributed by atoms with Crippen LogP contribution in [0.1, 0.15) is 136 Å². The molecule has 0 spiro atoms. The smallest absolute Gasteiger partial charge is 0.337 e. The molecule has 0 heterocycles. The summed E-state index contributed by atoms with van der Waals surface area (Å²) in [6.07, 6.45) is 29.6. The van der Waals surface area contributed by atoms with E-state index < -0.39 is 0 Å². The molecule has 0 fully saturated rings. The van der Waals surface area contributed by atoms with E-state index in [9.17, 15) is 4.79 Å². The minimum atomic E-state index is -0.339. The zero-order chi connectivity index (χ0) is 20.7. The highest BCUT2D eigenvalue weighted by atomic mass is 16.5. The summed E-state index contributed by atoms with van der Waals surface area (Å²) in [5.74, 6) is -0.339. The highest BCUT2D eigenvalue weighted by Crippen LogP contribution is 2.14. The third kappa shape index (κ3) is 21.3. The molecule has 28 heavy (non-hydrogen) atoms. The van der Waals surface area contributed by atoms with E-state index in [0.29, 0.717) is 5.57 Å². The molecule has 0 radical (unpaired) electrons. The molecular formula is C26H48O2. The van der Waals surface area contributed by atoms with Crippen molar-refractivity contribution in [3.8, 4) is 0 Å². The predicted octanol–water partition coefficient (Wildman–Crippen LogP) is 9.05. The molecule has 0 aromatic heterocycles. The first-order valence-corrected chi connectivity index (χ1v) is 12.2. The predicted molar refractivity (Wildman–Crippen MR) is 123 cm³/mol. The second-order valence-electron chi connectivity index (χ2n) is 8.36. The zero-order valence-corrected chi connectivity index (χ0v) is 19.1. The highest BCUT2D eigenvalue weighted by molar-refractivity contribution is 5.87. The van der Waals surface area contributed by atoms with E-state index in [2.05, 4.69) is 13.5 Å². The average molecular weight is 393 g/mol. The fraction of sp³-hybridized carbons (Fsp3) is 0.808. The van der Waals surface area contributed by atoms with Gasteiger partial charge in [0.25, 0.3) is 0 Å². The Hall–Kier alpha value is -1.05. The van der Waals surface area contributed by atoms with Crippen LogP contribution in [0.3, 0.4) is 0 Å². The first-order valence-electron chi connectivity index (χ1n) is 12.2. The molecule has 0 aliphatic heterocycles. The van der Waals surface area contributed by atoms with Crippen LogP contribution in [0.5, 0.6) is 0 Å². The van der Waals surface area contributed by atoms with Gasteiger partial charge in [0.1, 0.15) is 0 Å². The van der Waals surface area contributed by atoms with Gasteiger partial charge in [-0.25, -0.2) is 4.79 Å². The highest BCUT2D eigenvalue weighted by Gasteiger charge is 1.98. The van der Waals surface area contributed by atoms with Crippen molar-refractivity contribution in [2.24, 2.45) is 0 Å². The van der Waals surface area contributed by atoms with Crippen molar-refractivity contribution in [3.05, 3.63) is 24.5 Å². The van der Waals surface area contributed by atoms with Crippen molar-refractivity contribution in [2.45, 2.75) is 136 Å². The molecule has 0 aliphatic carbocycles. The Kier molecular flexibility index (Phi) is 21.4. The number of hydrogen-bond acceptors (Lipinski definition) is 2. The lowest BCUT2D eigenvalue weighted by atomic mass is 10.0. The maximum absolute atomic E-state index is 11.2. The Morgan fingerprint density at radius 1 is 0.679 bits per heavy atom. The molecule has 0 rings (SSSR count). The number of hydrogen-bond donors (Lipinski definition) is 0. The van der Waals surface area contributed by atoms with E-state index in [1.54, 1.807) is 6.92 Å². The van der Waals surface area contributed by atoms with E-state index in [-0.39, 0.29) is 5.97 Å². The number of unbranched alkanes of at least 4 members (excludes halogenated alkanes) is 18. The largest absolute Gasteiger partial charge is 0.431 e. The summed E-state index contributed by atoms with van der Waals surface area (Å²) >= 11 is 0. The van der Waals surface area contributed by atoms with Gasteiger partial charge in [-0.15, -0.1) is 0 Å². The Morgan fingerprint density at radius 2 is 1.04 bits per heavy atom. The van der Waals surface area contributed by atoms with Gasteiger partial charge in [-0.05, 0) is 25.8 Å². The molecule has 0 amide bonds. The summed E-state index contributed by atoms with van der Waals surface area (Å²) in [4.78, 5) is 11.2. The minimum Gasteiger partial charge on any atom is -0.431 e. The lowest BCUT2D eigenvalue weighted by molar-refractivity contribution is -0.133. The SMILES string of the molecule is C=C(C)C(=O)O/C=C/CCCCCCCCCCCCCCCCCCCC. The van der Waals surface area contributed by atoms with E-state index in [0.717, 1.165) is 6.42 Å². The molecule has 0 atom stereocenters. The maximum Gasteiger partial charge on any atom is 0.337 e. The van der Waals surface area contributed by atoms with Gasteiger partial charge in [-0.1, -0.05) is 123 Å². The van der Waals surface area contributed by atoms with Crippen LogP contribution in [-0.2, 0) is 9.53 Å². The van der Waals surface area contributed by atoms with Gasteiger partial charge < -0.3 is 4.74 Å². The summed E-state index contributed by atoms with van der Waals surface area (Å²) in [7, 11) is 0. The van der Waals surface area contributed by atoms with Gasteiger partial charge in [-0.3, -0.25) is 0 Å². The van der Waals surface area contributed by atoms with Crippen LogP contribution in [0.2, 0.25) is 0 Å². The van der Waals surface area contributed by atoms with Gasteiger partial charge in [0.05, 0.1) is 6.26 Å². The van der Waals surface area contributed by atoms with E-state index in [1.807, 2.05) is 6.08 Å². The van der Waals surface area contributed by atoms with Gasteiger partial charge >= 0.3 is 5.97 Å². The minimum absolute atomic E-state index is 0.339. The van der Waals surface area contributed by atoms with Crippen LogP contribution in [0.15, 0.2) is 24.5 Å². The summed E-state index contributed by atoms with van der Waals surface area (Å²) in [5.41, 5.74) is 0.442. The topological polar surface area (TPSA) is 26.3 Å². The zero-order valence-electron chi connectivity index (χ0n) is 19.1. The van der Waals surface area contributed by atoms with Gasteiger partial charge in [-0.2, -0.15) is 0 Å². The summed E-state index contributed by atoms with van der Waals surface area (Å²) in [6, 6.07) is 0. The van der Waals surface area contributed by atoms with Crippen LogP contribution >= 0.6 is 0 Å². The first kappa shape index (κ1) is 27.0. The number of carbonyl (C=O) groups excluding carboxylic acids is 1. The first-order chi connectivity index (χ1) is 13.7. The van der Waals surface area contributed by atoms with Crippen molar-refractivity contribution < 1.29 is 9.53 Å². The molecule has 0 saturated heterocycles. The Morgan fingerprint density at radius 3 is 1.39 bits per heavy atom. The van der Waals surface area contributed by atoms with Crippen molar-refractivity contribution in [1.29, 1.82) is 0 Å². The molecule has 0 aliphatic rings. The quantitative estimate of drug-likeness (QED) is 0.0842. The monoisotopic (exact) mass is 392 g/mol. The van der Waals surface area contributed by atoms with Crippen molar-refractivity contribution >= 4 is 5.97 Å². The Labute approximate surface area is 176 Å². The Bertz CT molecular complexity index is 384. The lowest BCUT2D eigenvalue weighted by Gasteiger charge is -2.03. The summed E-state index contributed by atoms with van der Waals surface area (Å²) in [6.45, 7) is 7.50. The average Bonchev–Trinajstić information content (AvgIpc) is 2.68. The van der Waals surface area contributed by atoms with E-state index >= 15 is 0 Å². The van der Waals surface area contributed by atoms with Crippen LogP contribution in [-0.4, -0.2) is 5.97 Å². The van der Waals surface area contributed by atoms with Crippen molar-refractivity contribution in [1.82, 2.24) is 0 Å². The number of carbonyl (C=O) groups is 1. The molecule has 2 heteroatoms. The number of allylic oxidation sites excluding steroid dienone is 1. The van der Waals surface area contributed by atoms with Crippen molar-refractivity contribution in [2.75, 3.05) is 0 Å². The molecular weight excluding hydrogens is 344 g/mol. The maximum atomic E-state index is 11.2. The second kappa shape index (κ2) is 22.2. The third-order valence-corrected chi connectivity index (χ3v) is 5.34. The molecule has 0 aromatic rings. The van der Waals surface area contributed by atoms with Gasteiger partial charge in [0.2, 0.25) is 0 Å². The van der Waals surface area contributed by atoms with Crippen LogP contribution in [0, 0.1) is 0 Å². The second-order valence-corrected chi connectivity index (χ2v) is 8.36. The van der Waals surface area contributed by atoms with Crippen LogP contribution in [0.4, 0.5) is 0 Å². The molecule has 0 saturated carbocycles. The third-order valence-electron chi connectivity index (χ3n) is 5.34. The summed E-state index contributed by atoms with van der Waals surface area (Å²) in [5, 5.41) is 0. The Balaban J connectivity index is 3.11. The van der Waals surface area contributed by atoms with Gasteiger partial charge in [0, 0.05) is 5.57 Å².